The summed E-state index contributed by atoms with van der Waals surface area (Å²) in [6.07, 6.45) is 0. The molecule has 0 spiro atoms. The molecule has 1 rings (SSSR count). The standard InChI is InChI=1S/C10H13NO2/c1-11(2,8-10(12)13)9-6-4-3-5-7-9/h3-7H,8H2,1-2H3/p+1. The van der Waals surface area contributed by atoms with E-state index in [1.54, 1.807) is 0 Å². The van der Waals surface area contributed by atoms with Crippen LogP contribution in [0, 0.1) is 0 Å². The molecule has 0 fully saturated rings. The van der Waals surface area contributed by atoms with E-state index in [0.29, 0.717) is 4.48 Å². The molecule has 0 saturated carbocycles. The number of carboxylic acid groups (broad SMARTS) is 1. The molecule has 0 heterocycles. The first kappa shape index (κ1) is 9.74. The molecule has 70 valence electrons. The molecule has 3 nitrogen and oxygen atoms in total. The Morgan fingerprint density at radius 3 is 2.31 bits per heavy atom. The van der Waals surface area contributed by atoms with E-state index in [2.05, 4.69) is 0 Å². The van der Waals surface area contributed by atoms with E-state index in [0.717, 1.165) is 5.69 Å². The van der Waals surface area contributed by atoms with Gasteiger partial charge in [-0.25, -0.2) is 4.79 Å². The molecule has 1 aromatic carbocycles. The minimum Gasteiger partial charge on any atom is -0.477 e. The number of benzene rings is 1. The molecule has 1 N–H and O–H groups in total. The van der Waals surface area contributed by atoms with Crippen LogP contribution in [0.15, 0.2) is 30.3 Å². The van der Waals surface area contributed by atoms with Gasteiger partial charge in [-0.2, -0.15) is 0 Å². The lowest BCUT2D eigenvalue weighted by molar-refractivity contribution is -0.137. The fraction of sp³-hybridized carbons (Fsp3) is 0.300. The molecule has 0 amide bonds. The summed E-state index contributed by atoms with van der Waals surface area (Å²) < 4.78 is 0.371. The van der Waals surface area contributed by atoms with Gasteiger partial charge >= 0.3 is 5.97 Å². The average molecular weight is 180 g/mol. The van der Waals surface area contributed by atoms with Crippen LogP contribution in [0.3, 0.4) is 0 Å². The predicted molar refractivity (Wildman–Crippen MR) is 52.6 cm³/mol. The van der Waals surface area contributed by atoms with Crippen molar-refractivity contribution in [3.05, 3.63) is 30.3 Å². The smallest absolute Gasteiger partial charge is 0.359 e. The lowest BCUT2D eigenvalue weighted by Gasteiger charge is -2.26. The van der Waals surface area contributed by atoms with Crippen molar-refractivity contribution in [1.82, 2.24) is 4.48 Å². The summed E-state index contributed by atoms with van der Waals surface area (Å²) in [5.74, 6) is -0.783. The Labute approximate surface area is 77.8 Å². The number of hydrogen-bond acceptors (Lipinski definition) is 1. The van der Waals surface area contributed by atoms with E-state index < -0.39 is 5.97 Å². The average Bonchev–Trinajstić information content (AvgIpc) is 2.04. The first-order valence-electron chi connectivity index (χ1n) is 4.13. The van der Waals surface area contributed by atoms with Gasteiger partial charge in [0, 0.05) is 0 Å². The summed E-state index contributed by atoms with van der Waals surface area (Å²) in [7, 11) is 3.76. The van der Waals surface area contributed by atoms with E-state index in [4.69, 9.17) is 5.11 Å². The molecule has 0 aliphatic heterocycles. The van der Waals surface area contributed by atoms with Crippen molar-refractivity contribution in [3.8, 4) is 0 Å². The Kier molecular flexibility index (Phi) is 2.68. The molecule has 0 unspecified atom stereocenters. The van der Waals surface area contributed by atoms with Gasteiger partial charge < -0.3 is 5.11 Å². The van der Waals surface area contributed by atoms with Gasteiger partial charge in [0.2, 0.25) is 0 Å². The molecule has 0 aliphatic rings. The Balaban J connectivity index is 2.87. The third kappa shape index (κ3) is 2.56. The zero-order chi connectivity index (χ0) is 9.90. The Hall–Kier alpha value is -1.35. The molecule has 0 aromatic heterocycles. The minimum atomic E-state index is -0.783. The topological polar surface area (TPSA) is 37.3 Å². The molecule has 0 atom stereocenters. The SMILES string of the molecule is C[N+](C)(CC(=O)O)c1ccccc1. The van der Waals surface area contributed by atoms with Gasteiger partial charge in [-0.05, 0) is 12.1 Å². The van der Waals surface area contributed by atoms with Crippen molar-refractivity contribution in [2.75, 3.05) is 20.6 Å². The van der Waals surface area contributed by atoms with Crippen molar-refractivity contribution >= 4 is 11.7 Å². The van der Waals surface area contributed by atoms with E-state index in [1.165, 1.54) is 0 Å². The van der Waals surface area contributed by atoms with E-state index in [9.17, 15) is 4.79 Å². The number of aliphatic carboxylic acids is 1. The molecule has 0 saturated heterocycles. The lowest BCUT2D eigenvalue weighted by Crippen LogP contribution is -2.44. The molecule has 0 radical (unpaired) electrons. The van der Waals surface area contributed by atoms with Crippen LogP contribution in [0.25, 0.3) is 0 Å². The van der Waals surface area contributed by atoms with Crippen molar-refractivity contribution in [1.29, 1.82) is 0 Å². The second kappa shape index (κ2) is 3.58. The third-order valence-electron chi connectivity index (χ3n) is 1.99. The molecule has 1 aromatic rings. The Morgan fingerprint density at radius 1 is 1.31 bits per heavy atom. The van der Waals surface area contributed by atoms with Gasteiger partial charge in [0.15, 0.2) is 6.54 Å². The maximum atomic E-state index is 10.6. The van der Waals surface area contributed by atoms with E-state index in [1.807, 2.05) is 44.4 Å². The molecular formula is C10H14NO2+. The maximum Gasteiger partial charge on any atom is 0.359 e. The number of hydrogen-bond donors (Lipinski definition) is 1. The fourth-order valence-corrected chi connectivity index (χ4v) is 1.26. The van der Waals surface area contributed by atoms with Gasteiger partial charge in [0.1, 0.15) is 5.69 Å². The number of likely N-dealkylation sites (N-methyl/N-ethyl adjacent to an activating group) is 1. The largest absolute Gasteiger partial charge is 0.477 e. The number of para-hydroxylation sites is 1. The highest BCUT2D eigenvalue weighted by Crippen LogP contribution is 2.16. The first-order valence-corrected chi connectivity index (χ1v) is 4.13. The lowest BCUT2D eigenvalue weighted by atomic mass is 10.2. The van der Waals surface area contributed by atoms with Crippen molar-refractivity contribution in [2.24, 2.45) is 0 Å². The number of nitrogens with zero attached hydrogens (tertiary/aromatic N) is 1. The second-order valence-corrected chi connectivity index (χ2v) is 3.57. The van der Waals surface area contributed by atoms with Gasteiger partial charge in [-0.1, -0.05) is 18.2 Å². The highest BCUT2D eigenvalue weighted by molar-refractivity contribution is 5.71. The normalized spacial score (nSPS) is 11.2. The molecule has 0 aliphatic carbocycles. The van der Waals surface area contributed by atoms with Crippen molar-refractivity contribution < 1.29 is 9.90 Å². The van der Waals surface area contributed by atoms with Crippen LogP contribution in [-0.2, 0) is 4.79 Å². The van der Waals surface area contributed by atoms with Crippen molar-refractivity contribution in [2.45, 2.75) is 0 Å². The summed E-state index contributed by atoms with van der Waals surface area (Å²) in [6, 6.07) is 9.62. The summed E-state index contributed by atoms with van der Waals surface area (Å²) in [5, 5.41) is 8.69. The molecular weight excluding hydrogens is 166 g/mol. The van der Waals surface area contributed by atoms with Gasteiger partial charge in [0.05, 0.1) is 14.1 Å². The highest BCUT2D eigenvalue weighted by Gasteiger charge is 2.21. The van der Waals surface area contributed by atoms with E-state index >= 15 is 0 Å². The van der Waals surface area contributed by atoms with Crippen LogP contribution in [-0.4, -0.2) is 31.7 Å². The molecule has 13 heavy (non-hydrogen) atoms. The number of quaternary nitrogens is 1. The monoisotopic (exact) mass is 180 g/mol. The first-order chi connectivity index (χ1) is 6.02. The van der Waals surface area contributed by atoms with Gasteiger partial charge in [-0.3, -0.25) is 4.48 Å². The van der Waals surface area contributed by atoms with E-state index in [-0.39, 0.29) is 6.54 Å². The van der Waals surface area contributed by atoms with Crippen molar-refractivity contribution in [3.63, 3.8) is 0 Å². The van der Waals surface area contributed by atoms with Crippen LogP contribution in [0.5, 0.6) is 0 Å². The Morgan fingerprint density at radius 2 is 1.85 bits per heavy atom. The van der Waals surface area contributed by atoms with Crippen LogP contribution in [0.1, 0.15) is 0 Å². The minimum absolute atomic E-state index is 0.101. The van der Waals surface area contributed by atoms with Gasteiger partial charge in [-0.15, -0.1) is 0 Å². The third-order valence-corrected chi connectivity index (χ3v) is 1.99. The maximum absolute atomic E-state index is 10.6. The fourth-order valence-electron chi connectivity index (χ4n) is 1.26. The zero-order valence-electron chi connectivity index (χ0n) is 7.90. The van der Waals surface area contributed by atoms with Gasteiger partial charge in [0.25, 0.3) is 0 Å². The second-order valence-electron chi connectivity index (χ2n) is 3.57. The summed E-state index contributed by atoms with van der Waals surface area (Å²) in [6.45, 7) is 0.101. The molecule has 3 heteroatoms. The zero-order valence-corrected chi connectivity index (χ0v) is 7.90. The van der Waals surface area contributed by atoms with Crippen LogP contribution in [0.4, 0.5) is 5.69 Å². The summed E-state index contributed by atoms with van der Waals surface area (Å²) >= 11 is 0. The Bertz CT molecular complexity index is 293. The predicted octanol–water partition coefficient (Wildman–Crippen LogP) is 1.34. The molecule has 0 bridgehead atoms. The number of carboxylic acids is 1. The summed E-state index contributed by atoms with van der Waals surface area (Å²) in [5.41, 5.74) is 1.00. The van der Waals surface area contributed by atoms with Crippen LogP contribution < -0.4 is 4.48 Å². The number of rotatable bonds is 3. The summed E-state index contributed by atoms with van der Waals surface area (Å²) in [4.78, 5) is 10.6. The highest BCUT2D eigenvalue weighted by atomic mass is 16.4. The number of carbonyl (C=O) groups is 1. The van der Waals surface area contributed by atoms with Crippen LogP contribution >= 0.6 is 0 Å². The van der Waals surface area contributed by atoms with Crippen LogP contribution in [0.2, 0.25) is 0 Å². The quantitative estimate of drug-likeness (QED) is 0.713.